The highest BCUT2D eigenvalue weighted by atomic mass is 35.5. The fraction of sp³-hybridized carbons (Fsp3) is 0.278. The zero-order chi connectivity index (χ0) is 16.8. The molecule has 3 N–H and O–H groups in total. The van der Waals surface area contributed by atoms with Crippen LogP contribution < -0.4 is 10.6 Å². The van der Waals surface area contributed by atoms with Crippen molar-refractivity contribution in [2.45, 2.75) is 25.9 Å². The van der Waals surface area contributed by atoms with E-state index < -0.39 is 0 Å². The van der Waals surface area contributed by atoms with Crippen LogP contribution in [0.5, 0.6) is 0 Å². The van der Waals surface area contributed by atoms with Crippen molar-refractivity contribution in [2.24, 2.45) is 0 Å². The van der Waals surface area contributed by atoms with Crippen LogP contribution in [-0.4, -0.2) is 12.5 Å². The summed E-state index contributed by atoms with van der Waals surface area (Å²) in [5.74, 6) is -0.0172. The van der Waals surface area contributed by atoms with Gasteiger partial charge >= 0.3 is 0 Å². The molecule has 23 heavy (non-hydrogen) atoms. The van der Waals surface area contributed by atoms with Gasteiger partial charge in [-0.15, -0.1) is 0 Å². The van der Waals surface area contributed by atoms with Gasteiger partial charge in [-0.25, -0.2) is 0 Å². The quantitative estimate of drug-likeness (QED) is 0.821. The zero-order valence-corrected chi connectivity index (χ0v) is 14.7. The average molecular weight is 352 g/mol. The van der Waals surface area contributed by atoms with E-state index in [2.05, 4.69) is 5.32 Å². The molecule has 1 amide bonds. The summed E-state index contributed by atoms with van der Waals surface area (Å²) in [6.45, 7) is 4.33. The van der Waals surface area contributed by atoms with Crippen LogP contribution in [0.15, 0.2) is 48.5 Å². The topological polar surface area (TPSA) is 45.7 Å². The van der Waals surface area contributed by atoms with E-state index in [1.165, 1.54) is 0 Å². The molecule has 2 aromatic rings. The van der Waals surface area contributed by atoms with Gasteiger partial charge in [-0.3, -0.25) is 4.79 Å². The molecule has 0 bridgehead atoms. The lowest BCUT2D eigenvalue weighted by Crippen LogP contribution is -2.87. The second kappa shape index (κ2) is 8.34. The number of rotatable bonds is 6. The van der Waals surface area contributed by atoms with Crippen LogP contribution in [0.4, 0.5) is 0 Å². The van der Waals surface area contributed by atoms with E-state index in [-0.39, 0.29) is 18.0 Å². The summed E-state index contributed by atoms with van der Waals surface area (Å²) < 4.78 is 0. The van der Waals surface area contributed by atoms with Crippen LogP contribution in [0.25, 0.3) is 0 Å². The Hall–Kier alpha value is -1.55. The molecule has 0 aromatic heterocycles. The molecule has 0 saturated carbocycles. The highest BCUT2D eigenvalue weighted by molar-refractivity contribution is 6.31. The highest BCUT2D eigenvalue weighted by Crippen LogP contribution is 2.19. The first-order valence-corrected chi connectivity index (χ1v) is 8.35. The summed E-state index contributed by atoms with van der Waals surface area (Å²) in [6, 6.07) is 15.3. The predicted octanol–water partition coefficient (Wildman–Crippen LogP) is 3.50. The van der Waals surface area contributed by atoms with Gasteiger partial charge in [-0.1, -0.05) is 53.5 Å². The van der Waals surface area contributed by atoms with Gasteiger partial charge in [-0.2, -0.15) is 0 Å². The Kier molecular flexibility index (Phi) is 6.46. The Morgan fingerprint density at radius 1 is 1.13 bits per heavy atom. The van der Waals surface area contributed by atoms with Crippen LogP contribution in [-0.2, 0) is 4.79 Å². The number of nitrogens with one attached hydrogen (secondary N) is 1. The molecule has 0 fully saturated rings. The maximum Gasteiger partial charge on any atom is 0.275 e. The van der Waals surface area contributed by atoms with E-state index in [0.29, 0.717) is 11.6 Å². The first-order valence-electron chi connectivity index (χ1n) is 7.60. The monoisotopic (exact) mass is 351 g/mol. The fourth-order valence-corrected chi connectivity index (χ4v) is 2.92. The molecule has 3 nitrogen and oxygen atoms in total. The molecule has 0 aliphatic carbocycles. The molecule has 0 unspecified atom stereocenters. The lowest BCUT2D eigenvalue weighted by molar-refractivity contribution is -0.682. The Balaban J connectivity index is 1.86. The summed E-state index contributed by atoms with van der Waals surface area (Å²) in [4.78, 5) is 12.1. The van der Waals surface area contributed by atoms with Gasteiger partial charge in [0.1, 0.15) is 6.04 Å². The first kappa shape index (κ1) is 17.8. The van der Waals surface area contributed by atoms with E-state index >= 15 is 0 Å². The van der Waals surface area contributed by atoms with Gasteiger partial charge in [0.05, 0.1) is 6.04 Å². The second-order valence-electron chi connectivity index (χ2n) is 5.59. The van der Waals surface area contributed by atoms with Gasteiger partial charge in [0.25, 0.3) is 5.91 Å². The van der Waals surface area contributed by atoms with Crippen LogP contribution in [0.1, 0.15) is 37.1 Å². The maximum atomic E-state index is 12.1. The third-order valence-electron chi connectivity index (χ3n) is 3.78. The van der Waals surface area contributed by atoms with Gasteiger partial charge in [-0.05, 0) is 37.6 Å². The van der Waals surface area contributed by atoms with Crippen molar-refractivity contribution in [1.82, 2.24) is 5.32 Å². The number of carbonyl (C=O) groups is 1. The van der Waals surface area contributed by atoms with Gasteiger partial charge in [0.15, 0.2) is 6.54 Å². The van der Waals surface area contributed by atoms with Gasteiger partial charge in [0, 0.05) is 15.6 Å². The minimum absolute atomic E-state index is 0.0172. The zero-order valence-electron chi connectivity index (χ0n) is 13.2. The van der Waals surface area contributed by atoms with E-state index in [9.17, 15) is 4.79 Å². The molecule has 0 saturated heterocycles. The third kappa shape index (κ3) is 5.24. The van der Waals surface area contributed by atoms with Crippen molar-refractivity contribution >= 4 is 29.1 Å². The number of nitrogens with two attached hydrogens (primary N) is 1. The van der Waals surface area contributed by atoms with Crippen LogP contribution in [0.2, 0.25) is 10.0 Å². The van der Waals surface area contributed by atoms with Crippen LogP contribution in [0, 0.1) is 0 Å². The molecule has 2 aromatic carbocycles. The van der Waals surface area contributed by atoms with Crippen molar-refractivity contribution in [1.29, 1.82) is 0 Å². The number of quaternary nitrogens is 1. The molecule has 2 atom stereocenters. The van der Waals surface area contributed by atoms with E-state index in [1.807, 2.05) is 67.7 Å². The Bertz CT molecular complexity index is 676. The van der Waals surface area contributed by atoms with Gasteiger partial charge < -0.3 is 10.6 Å². The molecule has 0 aliphatic rings. The number of carbonyl (C=O) groups excluding carboxylic acids is 1. The molecule has 2 rings (SSSR count). The molecule has 0 spiro atoms. The largest absolute Gasteiger partial charge is 0.345 e. The molecule has 0 aliphatic heterocycles. The normalized spacial score (nSPS) is 13.4. The Labute approximate surface area is 147 Å². The predicted molar refractivity (Wildman–Crippen MR) is 94.7 cm³/mol. The summed E-state index contributed by atoms with van der Waals surface area (Å²) >= 11 is 12.2. The Morgan fingerprint density at radius 3 is 2.57 bits per heavy atom. The second-order valence-corrected chi connectivity index (χ2v) is 6.44. The maximum absolute atomic E-state index is 12.1. The average Bonchev–Trinajstić information content (AvgIpc) is 2.53. The SMILES string of the molecule is C[C@H](NC(=O)C[NH2+][C@@H](C)c1ccccc1Cl)c1cccc(Cl)c1. The van der Waals surface area contributed by atoms with Crippen molar-refractivity contribution in [3.05, 3.63) is 69.7 Å². The summed E-state index contributed by atoms with van der Waals surface area (Å²) in [5.41, 5.74) is 2.02. The number of hydrogen-bond donors (Lipinski definition) is 2. The molecular formula is C18H21Cl2N2O+. The molecule has 0 heterocycles. The van der Waals surface area contributed by atoms with Crippen LogP contribution in [0.3, 0.4) is 0 Å². The molecular weight excluding hydrogens is 331 g/mol. The van der Waals surface area contributed by atoms with Crippen molar-refractivity contribution in [3.63, 3.8) is 0 Å². The van der Waals surface area contributed by atoms with Crippen molar-refractivity contribution in [2.75, 3.05) is 6.54 Å². The summed E-state index contributed by atoms with van der Waals surface area (Å²) in [7, 11) is 0. The smallest absolute Gasteiger partial charge is 0.275 e. The van der Waals surface area contributed by atoms with E-state index in [4.69, 9.17) is 23.2 Å². The minimum atomic E-state index is -0.0785. The van der Waals surface area contributed by atoms with E-state index in [0.717, 1.165) is 16.1 Å². The standard InChI is InChI=1S/C18H20Cl2N2O/c1-12(14-6-5-7-15(19)10-14)22-18(23)11-21-13(2)16-8-3-4-9-17(16)20/h3-10,12-13,21H,11H2,1-2H3,(H,22,23)/p+1/t12-,13-/m0/s1. The number of hydrogen-bond acceptors (Lipinski definition) is 1. The summed E-state index contributed by atoms with van der Waals surface area (Å²) in [5, 5.41) is 6.35. The minimum Gasteiger partial charge on any atom is -0.345 e. The molecule has 122 valence electrons. The highest BCUT2D eigenvalue weighted by Gasteiger charge is 2.15. The number of amides is 1. The van der Waals surface area contributed by atoms with Crippen LogP contribution >= 0.6 is 23.2 Å². The van der Waals surface area contributed by atoms with Crippen molar-refractivity contribution < 1.29 is 10.1 Å². The number of benzene rings is 2. The molecule has 0 radical (unpaired) electrons. The molecule has 5 heteroatoms. The number of halogens is 2. The lowest BCUT2D eigenvalue weighted by atomic mass is 10.1. The summed E-state index contributed by atoms with van der Waals surface area (Å²) in [6.07, 6.45) is 0. The lowest BCUT2D eigenvalue weighted by Gasteiger charge is -2.16. The Morgan fingerprint density at radius 2 is 1.87 bits per heavy atom. The fourth-order valence-electron chi connectivity index (χ4n) is 2.41. The first-order chi connectivity index (χ1) is 11.0. The third-order valence-corrected chi connectivity index (χ3v) is 4.36. The van der Waals surface area contributed by atoms with Gasteiger partial charge in [0.2, 0.25) is 0 Å². The van der Waals surface area contributed by atoms with Crippen molar-refractivity contribution in [3.8, 4) is 0 Å². The van der Waals surface area contributed by atoms with E-state index in [1.54, 1.807) is 0 Å².